The van der Waals surface area contributed by atoms with Crippen molar-refractivity contribution in [1.29, 1.82) is 0 Å². The monoisotopic (exact) mass is 405 g/mol. The molecule has 9 heteroatoms. The number of carbonyl (C=O) groups excluding carboxylic acids is 2. The molecule has 3 rings (SSSR count). The number of nitrogens with one attached hydrogen (secondary N) is 2. The number of hydrogen-bond donors (Lipinski definition) is 2. The second kappa shape index (κ2) is 9.09. The normalized spacial score (nSPS) is 15.9. The summed E-state index contributed by atoms with van der Waals surface area (Å²) in [6, 6.07) is 6.11. The highest BCUT2D eigenvalue weighted by Crippen LogP contribution is 2.30. The molecule has 1 aliphatic heterocycles. The summed E-state index contributed by atoms with van der Waals surface area (Å²) in [7, 11) is 0. The summed E-state index contributed by atoms with van der Waals surface area (Å²) in [5.74, 6) is -0.803. The Balaban J connectivity index is 1.55. The Hall–Kier alpha value is -2.55. The quantitative estimate of drug-likeness (QED) is 0.795. The van der Waals surface area contributed by atoms with Gasteiger partial charge in [-0.05, 0) is 38.3 Å². The first-order valence-electron chi connectivity index (χ1n) is 9.42. The van der Waals surface area contributed by atoms with Crippen LogP contribution in [0.3, 0.4) is 0 Å². The second-order valence-corrected chi connectivity index (χ2v) is 7.91. The number of likely N-dealkylation sites (tertiary alicyclic amines) is 1. The zero-order valence-electron chi connectivity index (χ0n) is 15.9. The highest BCUT2D eigenvalue weighted by Gasteiger charge is 2.27. The van der Waals surface area contributed by atoms with Gasteiger partial charge in [-0.2, -0.15) is 0 Å². The highest BCUT2D eigenvalue weighted by atomic mass is 32.1. The van der Waals surface area contributed by atoms with Crippen LogP contribution in [-0.2, 0) is 0 Å². The molecule has 150 valence electrons. The van der Waals surface area contributed by atoms with Crippen LogP contribution in [0.15, 0.2) is 24.3 Å². The third-order valence-electron chi connectivity index (χ3n) is 4.87. The van der Waals surface area contributed by atoms with Crippen molar-refractivity contribution in [2.24, 2.45) is 0 Å². The Bertz CT molecular complexity index is 835. The number of aromatic nitrogens is 2. The van der Waals surface area contributed by atoms with Crippen molar-refractivity contribution in [2.75, 3.05) is 18.4 Å². The predicted octanol–water partition coefficient (Wildman–Crippen LogP) is 3.62. The number of benzene rings is 1. The number of amides is 3. The fraction of sp³-hybridized carbons (Fsp3) is 0.474. The molecule has 1 aliphatic rings. The predicted molar refractivity (Wildman–Crippen MR) is 106 cm³/mol. The van der Waals surface area contributed by atoms with E-state index in [0.717, 1.165) is 24.3 Å². The summed E-state index contributed by atoms with van der Waals surface area (Å²) in [5.41, 5.74) is 0.116. The van der Waals surface area contributed by atoms with Gasteiger partial charge in [0.15, 0.2) is 0 Å². The number of piperidine rings is 1. The lowest BCUT2D eigenvalue weighted by molar-refractivity contribution is 0.102. The molecule has 28 heavy (non-hydrogen) atoms. The molecule has 0 radical (unpaired) electrons. The van der Waals surface area contributed by atoms with Gasteiger partial charge in [0.05, 0.1) is 5.69 Å². The van der Waals surface area contributed by atoms with E-state index in [4.69, 9.17) is 0 Å². The maximum absolute atomic E-state index is 13.7. The van der Waals surface area contributed by atoms with Crippen LogP contribution in [0.1, 0.15) is 53.8 Å². The van der Waals surface area contributed by atoms with Crippen molar-refractivity contribution >= 4 is 29.0 Å². The molecule has 1 aromatic carbocycles. The van der Waals surface area contributed by atoms with E-state index in [2.05, 4.69) is 20.8 Å². The first kappa shape index (κ1) is 20.2. The number of carbonyl (C=O) groups is 2. The van der Waals surface area contributed by atoms with E-state index < -0.39 is 11.7 Å². The molecule has 7 nitrogen and oxygen atoms in total. The van der Waals surface area contributed by atoms with E-state index in [-0.39, 0.29) is 28.7 Å². The molecule has 0 unspecified atom stereocenters. The van der Waals surface area contributed by atoms with Crippen molar-refractivity contribution in [1.82, 2.24) is 20.4 Å². The van der Waals surface area contributed by atoms with Gasteiger partial charge in [0.1, 0.15) is 10.8 Å². The van der Waals surface area contributed by atoms with Crippen LogP contribution in [0.2, 0.25) is 0 Å². The number of anilines is 1. The minimum Gasteiger partial charge on any atom is -0.336 e. The third kappa shape index (κ3) is 4.83. The Kier molecular flexibility index (Phi) is 6.56. The first-order chi connectivity index (χ1) is 13.5. The molecule has 1 fully saturated rings. The van der Waals surface area contributed by atoms with Gasteiger partial charge in [0.2, 0.25) is 5.01 Å². The van der Waals surface area contributed by atoms with Crippen molar-refractivity contribution in [3.63, 3.8) is 0 Å². The molecule has 2 heterocycles. The fourth-order valence-electron chi connectivity index (χ4n) is 2.96. The molecule has 3 amide bonds. The summed E-state index contributed by atoms with van der Waals surface area (Å²) < 4.78 is 13.7. The number of urea groups is 1. The lowest BCUT2D eigenvalue weighted by Crippen LogP contribution is -2.46. The van der Waals surface area contributed by atoms with Crippen LogP contribution in [0.5, 0.6) is 0 Å². The number of para-hydroxylation sites is 1. The maximum Gasteiger partial charge on any atom is 0.317 e. The minimum atomic E-state index is -0.497. The van der Waals surface area contributed by atoms with Gasteiger partial charge in [0.25, 0.3) is 5.91 Å². The number of rotatable bonds is 5. The Morgan fingerprint density at radius 2 is 2.00 bits per heavy atom. The molecular formula is C19H24FN5O2S. The van der Waals surface area contributed by atoms with Gasteiger partial charge in [-0.3, -0.25) is 4.79 Å². The molecule has 1 saturated heterocycles. The average Bonchev–Trinajstić information content (AvgIpc) is 3.20. The van der Waals surface area contributed by atoms with Gasteiger partial charge < -0.3 is 15.5 Å². The maximum atomic E-state index is 13.7. The van der Waals surface area contributed by atoms with Gasteiger partial charge in [-0.1, -0.05) is 30.4 Å². The first-order valence-corrected chi connectivity index (χ1v) is 10.2. The lowest BCUT2D eigenvalue weighted by Gasteiger charge is -2.31. The molecule has 1 atom stereocenters. The van der Waals surface area contributed by atoms with Crippen LogP contribution in [0, 0.1) is 5.82 Å². The Labute approximate surface area is 167 Å². The van der Waals surface area contributed by atoms with Crippen LogP contribution >= 0.6 is 11.3 Å². The molecule has 0 spiro atoms. The van der Waals surface area contributed by atoms with E-state index >= 15 is 0 Å². The van der Waals surface area contributed by atoms with Gasteiger partial charge >= 0.3 is 6.03 Å². The van der Waals surface area contributed by atoms with E-state index in [1.165, 1.54) is 23.5 Å². The molecule has 0 aliphatic carbocycles. The standard InChI is InChI=1S/C19H24FN5O2S/c1-3-12(2)21-19(27)25-10-8-13(9-11-25)17-23-24-18(28-17)16(26)22-15-7-5-4-6-14(15)20/h4-7,12-13H,3,8-11H2,1-2H3,(H,21,27)(H,22,26)/t12-/m1/s1. The molecular weight excluding hydrogens is 381 g/mol. The Morgan fingerprint density at radius 1 is 1.29 bits per heavy atom. The van der Waals surface area contributed by atoms with E-state index in [9.17, 15) is 14.0 Å². The van der Waals surface area contributed by atoms with Crippen molar-refractivity contribution in [2.45, 2.75) is 45.1 Å². The van der Waals surface area contributed by atoms with Crippen LogP contribution in [-0.4, -0.2) is 46.2 Å². The molecule has 2 N–H and O–H groups in total. The number of halogens is 1. The van der Waals surface area contributed by atoms with E-state index in [1.54, 1.807) is 12.1 Å². The minimum absolute atomic E-state index is 0.0324. The third-order valence-corrected chi connectivity index (χ3v) is 5.96. The average molecular weight is 405 g/mol. The highest BCUT2D eigenvalue weighted by molar-refractivity contribution is 7.13. The lowest BCUT2D eigenvalue weighted by atomic mass is 9.98. The summed E-state index contributed by atoms with van der Waals surface area (Å²) in [4.78, 5) is 26.3. The van der Waals surface area contributed by atoms with Gasteiger partial charge in [-0.15, -0.1) is 10.2 Å². The molecule has 2 aromatic rings. The van der Waals surface area contributed by atoms with Crippen molar-refractivity contribution in [3.8, 4) is 0 Å². The fourth-order valence-corrected chi connectivity index (χ4v) is 3.87. The summed E-state index contributed by atoms with van der Waals surface area (Å²) in [6.45, 7) is 5.30. The largest absolute Gasteiger partial charge is 0.336 e. The summed E-state index contributed by atoms with van der Waals surface area (Å²) in [5, 5.41) is 14.6. The van der Waals surface area contributed by atoms with Gasteiger partial charge in [-0.25, -0.2) is 9.18 Å². The van der Waals surface area contributed by atoms with Crippen LogP contribution in [0.25, 0.3) is 0 Å². The topological polar surface area (TPSA) is 87.2 Å². The summed E-state index contributed by atoms with van der Waals surface area (Å²) in [6.07, 6.45) is 2.44. The zero-order chi connectivity index (χ0) is 20.1. The SMILES string of the molecule is CC[C@@H](C)NC(=O)N1CCC(c2nnc(C(=O)Nc3ccccc3F)s2)CC1. The second-order valence-electron chi connectivity index (χ2n) is 6.90. The number of hydrogen-bond acceptors (Lipinski definition) is 5. The van der Waals surface area contributed by atoms with Crippen molar-refractivity contribution in [3.05, 3.63) is 40.1 Å². The zero-order valence-corrected chi connectivity index (χ0v) is 16.8. The van der Waals surface area contributed by atoms with E-state index in [0.29, 0.717) is 13.1 Å². The molecule has 1 aromatic heterocycles. The Morgan fingerprint density at radius 3 is 2.68 bits per heavy atom. The van der Waals surface area contributed by atoms with Gasteiger partial charge in [0, 0.05) is 25.0 Å². The number of nitrogens with zero attached hydrogens (tertiary/aromatic N) is 3. The molecule has 0 bridgehead atoms. The smallest absolute Gasteiger partial charge is 0.317 e. The van der Waals surface area contributed by atoms with Crippen LogP contribution in [0.4, 0.5) is 14.9 Å². The van der Waals surface area contributed by atoms with Crippen LogP contribution < -0.4 is 10.6 Å². The van der Waals surface area contributed by atoms with Crippen molar-refractivity contribution < 1.29 is 14.0 Å². The molecule has 0 saturated carbocycles. The summed E-state index contributed by atoms with van der Waals surface area (Å²) >= 11 is 1.22. The van der Waals surface area contributed by atoms with E-state index in [1.807, 2.05) is 18.7 Å².